The van der Waals surface area contributed by atoms with E-state index < -0.39 is 0 Å². The second-order valence-electron chi connectivity index (χ2n) is 3.55. The molecule has 0 saturated carbocycles. The van der Waals surface area contributed by atoms with Gasteiger partial charge in [-0.2, -0.15) is 0 Å². The van der Waals surface area contributed by atoms with Crippen LogP contribution in [-0.4, -0.2) is 24.8 Å². The lowest BCUT2D eigenvalue weighted by Gasteiger charge is -2.40. The first-order valence-electron chi connectivity index (χ1n) is 4.51. The van der Waals surface area contributed by atoms with Gasteiger partial charge >= 0.3 is 0 Å². The van der Waals surface area contributed by atoms with Gasteiger partial charge in [0.05, 0.1) is 0 Å². The first kappa shape index (κ1) is 8.38. The van der Waals surface area contributed by atoms with Crippen molar-refractivity contribution in [1.82, 2.24) is 0 Å². The summed E-state index contributed by atoms with van der Waals surface area (Å²) in [5, 5.41) is 8.85. The van der Waals surface area contributed by atoms with E-state index in [-0.39, 0.29) is 0 Å². The number of anilines is 2. The Labute approximate surface area is 77.8 Å². The number of nitrogen functional groups attached to an aromatic ring is 1. The topological polar surface area (TPSA) is 49.5 Å². The van der Waals surface area contributed by atoms with E-state index >= 15 is 0 Å². The van der Waals surface area contributed by atoms with Gasteiger partial charge < -0.3 is 15.7 Å². The molecular formula is C10H14N2O. The minimum atomic E-state index is 0.297. The molecule has 3 heteroatoms. The molecule has 0 unspecified atom stereocenters. The third-order valence-corrected chi connectivity index (χ3v) is 2.47. The lowest BCUT2D eigenvalue weighted by Crippen LogP contribution is -2.48. The minimum absolute atomic E-state index is 0.297. The molecule has 1 heterocycles. The molecule has 1 aromatic carbocycles. The zero-order valence-corrected chi connectivity index (χ0v) is 7.48. The van der Waals surface area contributed by atoms with Gasteiger partial charge in [-0.25, -0.2) is 0 Å². The summed E-state index contributed by atoms with van der Waals surface area (Å²) in [7, 11) is 0. The van der Waals surface area contributed by atoms with Gasteiger partial charge in [0.2, 0.25) is 0 Å². The highest BCUT2D eigenvalue weighted by atomic mass is 16.3. The SMILES string of the molecule is Nc1ccc(N2CC(CO)C2)cc1. The molecule has 0 spiro atoms. The van der Waals surface area contributed by atoms with Crippen molar-refractivity contribution in [3.8, 4) is 0 Å². The molecule has 1 fully saturated rings. The Morgan fingerprint density at radius 3 is 2.46 bits per heavy atom. The summed E-state index contributed by atoms with van der Waals surface area (Å²) in [6.07, 6.45) is 0. The third-order valence-electron chi connectivity index (χ3n) is 2.47. The molecular weight excluding hydrogens is 164 g/mol. The van der Waals surface area contributed by atoms with Crippen LogP contribution in [0.1, 0.15) is 0 Å². The summed E-state index contributed by atoms with van der Waals surface area (Å²) < 4.78 is 0. The molecule has 0 amide bonds. The van der Waals surface area contributed by atoms with Gasteiger partial charge in [-0.1, -0.05) is 0 Å². The molecule has 0 bridgehead atoms. The zero-order chi connectivity index (χ0) is 9.26. The standard InChI is InChI=1S/C10H14N2O/c11-9-1-3-10(4-2-9)12-5-8(6-12)7-13/h1-4,8,13H,5-7,11H2. The molecule has 3 N–H and O–H groups in total. The Kier molecular flexibility index (Phi) is 2.10. The third kappa shape index (κ3) is 1.60. The first-order chi connectivity index (χ1) is 6.29. The molecule has 0 radical (unpaired) electrons. The van der Waals surface area contributed by atoms with Crippen molar-refractivity contribution in [3.63, 3.8) is 0 Å². The van der Waals surface area contributed by atoms with Crippen LogP contribution in [0.5, 0.6) is 0 Å². The number of hydrogen-bond acceptors (Lipinski definition) is 3. The fourth-order valence-electron chi connectivity index (χ4n) is 1.58. The number of aliphatic hydroxyl groups excluding tert-OH is 1. The Morgan fingerprint density at radius 2 is 1.92 bits per heavy atom. The highest BCUT2D eigenvalue weighted by molar-refractivity contribution is 5.54. The van der Waals surface area contributed by atoms with Gasteiger partial charge in [0.25, 0.3) is 0 Å². The summed E-state index contributed by atoms with van der Waals surface area (Å²) in [6, 6.07) is 7.84. The van der Waals surface area contributed by atoms with Crippen molar-refractivity contribution in [2.24, 2.45) is 5.92 Å². The molecule has 13 heavy (non-hydrogen) atoms. The second kappa shape index (κ2) is 3.26. The van der Waals surface area contributed by atoms with Crippen LogP contribution in [0.4, 0.5) is 11.4 Å². The predicted octanol–water partition coefficient (Wildman–Crippen LogP) is 0.697. The van der Waals surface area contributed by atoms with Crippen LogP contribution < -0.4 is 10.6 Å². The number of aliphatic hydroxyl groups is 1. The Morgan fingerprint density at radius 1 is 1.31 bits per heavy atom. The van der Waals surface area contributed by atoms with Crippen molar-refractivity contribution >= 4 is 11.4 Å². The molecule has 2 rings (SSSR count). The van der Waals surface area contributed by atoms with Gasteiger partial charge in [-0.3, -0.25) is 0 Å². The molecule has 0 aromatic heterocycles. The summed E-state index contributed by atoms with van der Waals surface area (Å²) >= 11 is 0. The van der Waals surface area contributed by atoms with Crippen molar-refractivity contribution in [3.05, 3.63) is 24.3 Å². The largest absolute Gasteiger partial charge is 0.399 e. The van der Waals surface area contributed by atoms with Crippen molar-refractivity contribution in [2.45, 2.75) is 0 Å². The van der Waals surface area contributed by atoms with E-state index in [2.05, 4.69) is 4.90 Å². The van der Waals surface area contributed by atoms with Gasteiger partial charge in [0.1, 0.15) is 0 Å². The molecule has 1 aliphatic rings. The summed E-state index contributed by atoms with van der Waals surface area (Å²) in [5.41, 5.74) is 7.57. The van der Waals surface area contributed by atoms with E-state index in [1.807, 2.05) is 24.3 Å². The number of rotatable bonds is 2. The van der Waals surface area contributed by atoms with E-state index in [0.717, 1.165) is 18.8 Å². The average Bonchev–Trinajstić information content (AvgIpc) is 2.06. The molecule has 3 nitrogen and oxygen atoms in total. The van der Waals surface area contributed by atoms with Crippen molar-refractivity contribution in [2.75, 3.05) is 30.3 Å². The van der Waals surface area contributed by atoms with E-state index in [9.17, 15) is 0 Å². The van der Waals surface area contributed by atoms with Crippen LogP contribution in [0.2, 0.25) is 0 Å². The Bertz CT molecular complexity index is 277. The molecule has 1 aliphatic heterocycles. The average molecular weight is 178 g/mol. The normalized spacial score (nSPS) is 17.2. The van der Waals surface area contributed by atoms with Crippen LogP contribution in [0.15, 0.2) is 24.3 Å². The minimum Gasteiger partial charge on any atom is -0.399 e. The first-order valence-corrected chi connectivity index (χ1v) is 4.51. The molecule has 1 saturated heterocycles. The fourth-order valence-corrected chi connectivity index (χ4v) is 1.58. The number of nitrogens with zero attached hydrogens (tertiary/aromatic N) is 1. The molecule has 1 aromatic rings. The van der Waals surface area contributed by atoms with E-state index in [1.165, 1.54) is 5.69 Å². The van der Waals surface area contributed by atoms with Gasteiger partial charge in [-0.15, -0.1) is 0 Å². The fraction of sp³-hybridized carbons (Fsp3) is 0.400. The van der Waals surface area contributed by atoms with Crippen LogP contribution in [-0.2, 0) is 0 Å². The maximum atomic E-state index is 8.85. The van der Waals surface area contributed by atoms with E-state index in [1.54, 1.807) is 0 Å². The molecule has 0 aliphatic carbocycles. The van der Waals surface area contributed by atoms with Crippen LogP contribution >= 0.6 is 0 Å². The predicted molar refractivity (Wildman–Crippen MR) is 53.6 cm³/mol. The van der Waals surface area contributed by atoms with Crippen LogP contribution in [0.3, 0.4) is 0 Å². The van der Waals surface area contributed by atoms with E-state index in [0.29, 0.717) is 12.5 Å². The lowest BCUT2D eigenvalue weighted by molar-refractivity contribution is 0.201. The second-order valence-corrected chi connectivity index (χ2v) is 3.55. The maximum absolute atomic E-state index is 8.85. The highest BCUT2D eigenvalue weighted by Gasteiger charge is 2.25. The van der Waals surface area contributed by atoms with Gasteiger partial charge in [0.15, 0.2) is 0 Å². The zero-order valence-electron chi connectivity index (χ0n) is 7.48. The van der Waals surface area contributed by atoms with Crippen LogP contribution in [0, 0.1) is 5.92 Å². The quantitative estimate of drug-likeness (QED) is 0.655. The summed E-state index contributed by atoms with van der Waals surface area (Å²) in [5.74, 6) is 0.456. The summed E-state index contributed by atoms with van der Waals surface area (Å²) in [4.78, 5) is 2.24. The lowest BCUT2D eigenvalue weighted by atomic mass is 10.0. The Balaban J connectivity index is 1.99. The van der Waals surface area contributed by atoms with Crippen molar-refractivity contribution in [1.29, 1.82) is 0 Å². The monoisotopic (exact) mass is 178 g/mol. The molecule has 70 valence electrons. The molecule has 0 atom stereocenters. The smallest absolute Gasteiger partial charge is 0.0493 e. The van der Waals surface area contributed by atoms with Gasteiger partial charge in [0, 0.05) is 37.0 Å². The van der Waals surface area contributed by atoms with Crippen LogP contribution in [0.25, 0.3) is 0 Å². The highest BCUT2D eigenvalue weighted by Crippen LogP contribution is 2.24. The van der Waals surface area contributed by atoms with Gasteiger partial charge in [-0.05, 0) is 24.3 Å². The summed E-state index contributed by atoms with van der Waals surface area (Å²) in [6.45, 7) is 2.21. The number of hydrogen-bond donors (Lipinski definition) is 2. The maximum Gasteiger partial charge on any atom is 0.0493 e. The van der Waals surface area contributed by atoms with E-state index in [4.69, 9.17) is 10.8 Å². The number of benzene rings is 1. The number of nitrogens with two attached hydrogens (primary N) is 1. The van der Waals surface area contributed by atoms with Crippen molar-refractivity contribution < 1.29 is 5.11 Å². The Hall–Kier alpha value is -1.22.